The van der Waals surface area contributed by atoms with Gasteiger partial charge in [-0.25, -0.2) is 0 Å². The normalized spacial score (nSPS) is 30.2. The highest BCUT2D eigenvalue weighted by atomic mass is 16.5. The van der Waals surface area contributed by atoms with Crippen LogP contribution in [0.1, 0.15) is 39.5 Å². The van der Waals surface area contributed by atoms with Crippen LogP contribution in [-0.2, 0) is 4.74 Å². The molecule has 1 aliphatic rings. The molecule has 0 aromatic rings. The first-order valence-electron chi connectivity index (χ1n) is 6.00. The topological polar surface area (TPSA) is 21.3 Å². The van der Waals surface area contributed by atoms with E-state index in [1.807, 2.05) is 0 Å². The van der Waals surface area contributed by atoms with Crippen molar-refractivity contribution in [2.75, 3.05) is 20.3 Å². The fraction of sp³-hybridized carbons (Fsp3) is 1.00. The minimum atomic E-state index is 0.577. The maximum absolute atomic E-state index is 5.28. The summed E-state index contributed by atoms with van der Waals surface area (Å²) in [5.74, 6) is 1.74. The van der Waals surface area contributed by atoms with E-state index >= 15 is 0 Å². The number of methoxy groups -OCH3 is 1. The van der Waals surface area contributed by atoms with Crippen LogP contribution in [0.3, 0.4) is 0 Å². The molecular formula is C12H25NO. The summed E-state index contributed by atoms with van der Waals surface area (Å²) in [6, 6.07) is 0.577. The predicted octanol–water partition coefficient (Wildman–Crippen LogP) is 2.44. The molecule has 84 valence electrons. The van der Waals surface area contributed by atoms with Crippen molar-refractivity contribution < 1.29 is 4.74 Å². The van der Waals surface area contributed by atoms with Crippen LogP contribution >= 0.6 is 0 Å². The number of likely N-dealkylation sites (N-methyl/N-ethyl adjacent to an activating group) is 1. The van der Waals surface area contributed by atoms with Crippen molar-refractivity contribution >= 4 is 0 Å². The third-order valence-electron chi connectivity index (χ3n) is 3.36. The van der Waals surface area contributed by atoms with E-state index in [-0.39, 0.29) is 0 Å². The second-order valence-electron chi connectivity index (χ2n) is 4.65. The quantitative estimate of drug-likeness (QED) is 0.734. The maximum atomic E-state index is 5.28. The third-order valence-corrected chi connectivity index (χ3v) is 3.36. The summed E-state index contributed by atoms with van der Waals surface area (Å²) < 4.78 is 5.28. The average molecular weight is 199 g/mol. The SMILES string of the molecule is CCNC(COC)C1CCCC(C)C1. The molecule has 0 aliphatic heterocycles. The lowest BCUT2D eigenvalue weighted by atomic mass is 9.79. The first-order valence-corrected chi connectivity index (χ1v) is 6.00. The zero-order valence-electron chi connectivity index (χ0n) is 9.88. The molecular weight excluding hydrogens is 174 g/mol. The van der Waals surface area contributed by atoms with Gasteiger partial charge in [0, 0.05) is 13.2 Å². The largest absolute Gasteiger partial charge is 0.383 e. The van der Waals surface area contributed by atoms with E-state index in [0.29, 0.717) is 6.04 Å². The Morgan fingerprint density at radius 3 is 2.79 bits per heavy atom. The summed E-state index contributed by atoms with van der Waals surface area (Å²) in [5, 5.41) is 3.55. The highest BCUT2D eigenvalue weighted by Crippen LogP contribution is 2.30. The second kappa shape index (κ2) is 6.41. The Morgan fingerprint density at radius 2 is 2.21 bits per heavy atom. The number of hydrogen-bond acceptors (Lipinski definition) is 2. The van der Waals surface area contributed by atoms with Crippen LogP contribution in [-0.4, -0.2) is 26.3 Å². The molecule has 3 unspecified atom stereocenters. The van der Waals surface area contributed by atoms with E-state index in [0.717, 1.165) is 25.0 Å². The van der Waals surface area contributed by atoms with Gasteiger partial charge in [-0.15, -0.1) is 0 Å². The molecule has 2 nitrogen and oxygen atoms in total. The Balaban J connectivity index is 2.39. The third kappa shape index (κ3) is 3.58. The summed E-state index contributed by atoms with van der Waals surface area (Å²) >= 11 is 0. The van der Waals surface area contributed by atoms with Crippen LogP contribution < -0.4 is 5.32 Å². The van der Waals surface area contributed by atoms with E-state index in [1.54, 1.807) is 7.11 Å². The number of nitrogens with one attached hydrogen (secondary N) is 1. The van der Waals surface area contributed by atoms with Crippen LogP contribution in [0.25, 0.3) is 0 Å². The van der Waals surface area contributed by atoms with Crippen LogP contribution in [0.4, 0.5) is 0 Å². The molecule has 0 aromatic carbocycles. The van der Waals surface area contributed by atoms with E-state index in [2.05, 4.69) is 19.2 Å². The molecule has 0 bridgehead atoms. The van der Waals surface area contributed by atoms with Crippen molar-refractivity contribution in [3.8, 4) is 0 Å². The van der Waals surface area contributed by atoms with Gasteiger partial charge in [0.2, 0.25) is 0 Å². The first-order chi connectivity index (χ1) is 6.77. The maximum Gasteiger partial charge on any atom is 0.0618 e. The van der Waals surface area contributed by atoms with Crippen molar-refractivity contribution in [3.63, 3.8) is 0 Å². The van der Waals surface area contributed by atoms with Gasteiger partial charge < -0.3 is 10.1 Å². The van der Waals surface area contributed by atoms with Gasteiger partial charge in [-0.3, -0.25) is 0 Å². The van der Waals surface area contributed by atoms with E-state index < -0.39 is 0 Å². The molecule has 0 spiro atoms. The highest BCUT2D eigenvalue weighted by molar-refractivity contribution is 4.81. The Morgan fingerprint density at radius 1 is 1.43 bits per heavy atom. The summed E-state index contributed by atoms with van der Waals surface area (Å²) in [5.41, 5.74) is 0. The van der Waals surface area contributed by atoms with Crippen molar-refractivity contribution in [3.05, 3.63) is 0 Å². The van der Waals surface area contributed by atoms with Crippen molar-refractivity contribution in [1.29, 1.82) is 0 Å². The molecule has 0 aromatic heterocycles. The molecule has 0 heterocycles. The summed E-state index contributed by atoms with van der Waals surface area (Å²) in [6.45, 7) is 6.47. The Labute approximate surface area is 88.4 Å². The van der Waals surface area contributed by atoms with Crippen LogP contribution in [0.5, 0.6) is 0 Å². The average Bonchev–Trinajstić information content (AvgIpc) is 2.17. The zero-order valence-corrected chi connectivity index (χ0v) is 9.88. The van der Waals surface area contributed by atoms with Gasteiger partial charge in [0.05, 0.1) is 6.61 Å². The van der Waals surface area contributed by atoms with Crippen LogP contribution in [0.15, 0.2) is 0 Å². The van der Waals surface area contributed by atoms with E-state index in [9.17, 15) is 0 Å². The fourth-order valence-corrected chi connectivity index (χ4v) is 2.65. The van der Waals surface area contributed by atoms with Gasteiger partial charge >= 0.3 is 0 Å². The fourth-order valence-electron chi connectivity index (χ4n) is 2.65. The summed E-state index contributed by atoms with van der Waals surface area (Å²) in [6.07, 6.45) is 5.58. The smallest absolute Gasteiger partial charge is 0.0618 e. The number of ether oxygens (including phenoxy) is 1. The molecule has 0 saturated heterocycles. The molecule has 14 heavy (non-hydrogen) atoms. The molecule has 1 rings (SSSR count). The van der Waals surface area contributed by atoms with E-state index in [1.165, 1.54) is 25.7 Å². The van der Waals surface area contributed by atoms with Gasteiger partial charge in [0.15, 0.2) is 0 Å². The van der Waals surface area contributed by atoms with Crippen LogP contribution in [0.2, 0.25) is 0 Å². The Hall–Kier alpha value is -0.0800. The molecule has 1 fully saturated rings. The van der Waals surface area contributed by atoms with Crippen LogP contribution in [0, 0.1) is 11.8 Å². The minimum absolute atomic E-state index is 0.577. The lowest BCUT2D eigenvalue weighted by Gasteiger charge is -2.33. The molecule has 1 saturated carbocycles. The van der Waals surface area contributed by atoms with Gasteiger partial charge in [-0.05, 0) is 31.2 Å². The zero-order chi connectivity index (χ0) is 10.4. The van der Waals surface area contributed by atoms with Gasteiger partial charge in [-0.1, -0.05) is 26.7 Å². The minimum Gasteiger partial charge on any atom is -0.383 e. The lowest BCUT2D eigenvalue weighted by molar-refractivity contribution is 0.116. The Bertz CT molecular complexity index is 141. The van der Waals surface area contributed by atoms with Gasteiger partial charge in [-0.2, -0.15) is 0 Å². The summed E-state index contributed by atoms with van der Waals surface area (Å²) in [4.78, 5) is 0. The molecule has 0 radical (unpaired) electrons. The van der Waals surface area contributed by atoms with Crippen molar-refractivity contribution in [1.82, 2.24) is 5.32 Å². The first kappa shape index (κ1) is 12.0. The number of hydrogen-bond donors (Lipinski definition) is 1. The monoisotopic (exact) mass is 199 g/mol. The van der Waals surface area contributed by atoms with Gasteiger partial charge in [0.25, 0.3) is 0 Å². The van der Waals surface area contributed by atoms with Crippen molar-refractivity contribution in [2.45, 2.75) is 45.6 Å². The van der Waals surface area contributed by atoms with Gasteiger partial charge in [0.1, 0.15) is 0 Å². The Kier molecular flexibility index (Phi) is 5.49. The molecule has 0 amide bonds. The lowest BCUT2D eigenvalue weighted by Crippen LogP contribution is -2.41. The van der Waals surface area contributed by atoms with E-state index in [4.69, 9.17) is 4.74 Å². The predicted molar refractivity (Wildman–Crippen MR) is 60.5 cm³/mol. The molecule has 2 heteroatoms. The number of rotatable bonds is 5. The highest BCUT2D eigenvalue weighted by Gasteiger charge is 2.25. The second-order valence-corrected chi connectivity index (χ2v) is 4.65. The van der Waals surface area contributed by atoms with Crippen molar-refractivity contribution in [2.24, 2.45) is 11.8 Å². The molecule has 3 atom stereocenters. The standard InChI is InChI=1S/C12H25NO/c1-4-13-12(9-14-3)11-7-5-6-10(2)8-11/h10-13H,4-9H2,1-3H3. The molecule has 1 N–H and O–H groups in total. The summed E-state index contributed by atoms with van der Waals surface area (Å²) in [7, 11) is 1.80. The molecule has 1 aliphatic carbocycles.